The fourth-order valence-electron chi connectivity index (χ4n) is 0.648. The third kappa shape index (κ3) is 2.46. The van der Waals surface area contributed by atoms with Crippen molar-refractivity contribution in [1.29, 1.82) is 0 Å². The molecule has 64 valence electrons. The molecule has 1 fully saturated rings. The smallest absolute Gasteiger partial charge is 0.118 e. The minimum absolute atomic E-state index is 0.0523. The second kappa shape index (κ2) is 4.28. The lowest BCUT2D eigenvalue weighted by Gasteiger charge is -2.26. The van der Waals surface area contributed by atoms with Gasteiger partial charge in [-0.3, -0.25) is 0 Å². The summed E-state index contributed by atoms with van der Waals surface area (Å²) in [6, 6.07) is 0. The molecule has 0 atom stereocenters. The summed E-state index contributed by atoms with van der Waals surface area (Å²) in [5.41, 5.74) is -0.0523. The van der Waals surface area contributed by atoms with Crippen LogP contribution in [0.25, 0.3) is 0 Å². The Balaban J connectivity index is 2.52. The molecule has 1 aliphatic heterocycles. The van der Waals surface area contributed by atoms with Gasteiger partial charge in [-0.15, -0.1) is 9.05 Å². The highest BCUT2D eigenvalue weighted by molar-refractivity contribution is 9.09. The van der Waals surface area contributed by atoms with Crippen LogP contribution in [-0.2, 0) is 13.6 Å². The van der Waals surface area contributed by atoms with Crippen LogP contribution in [-0.4, -0.2) is 23.9 Å². The fourth-order valence-corrected chi connectivity index (χ4v) is 3.06. The highest BCUT2D eigenvalue weighted by Crippen LogP contribution is 2.38. The summed E-state index contributed by atoms with van der Waals surface area (Å²) in [5, 5.41) is 1.57. The summed E-state index contributed by atoms with van der Waals surface area (Å²) in [4.78, 5) is 0. The van der Waals surface area contributed by atoms with Gasteiger partial charge < -0.3 is 0 Å². The molecule has 0 N–H and O–H groups in total. The molecule has 6 heteroatoms. The van der Waals surface area contributed by atoms with E-state index in [0.717, 1.165) is 10.7 Å². The zero-order valence-electron chi connectivity index (χ0n) is 5.76. The van der Waals surface area contributed by atoms with Gasteiger partial charge in [0.2, 0.25) is 0 Å². The van der Waals surface area contributed by atoms with Crippen molar-refractivity contribution in [3.8, 4) is 0 Å². The largest absolute Gasteiger partial charge is 0.697 e. The van der Waals surface area contributed by atoms with Crippen molar-refractivity contribution in [2.45, 2.75) is 0 Å². The maximum absolute atomic E-state index is 10.7. The van der Waals surface area contributed by atoms with Crippen LogP contribution in [0.15, 0.2) is 0 Å². The summed E-state index contributed by atoms with van der Waals surface area (Å²) in [5.74, 6) is 0. The number of hydrogen-bond donors (Lipinski definition) is 0. The van der Waals surface area contributed by atoms with Gasteiger partial charge in [-0.25, -0.2) is 0 Å². The zero-order chi connectivity index (χ0) is 8.32. The molecule has 1 saturated heterocycles. The molecule has 0 amide bonds. The van der Waals surface area contributed by atoms with E-state index >= 15 is 0 Å². The topological polar surface area (TPSA) is 35.5 Å². The van der Waals surface area contributed by atoms with Crippen molar-refractivity contribution >= 4 is 40.1 Å². The predicted octanol–water partition coefficient (Wildman–Crippen LogP) is 2.47. The predicted molar refractivity (Wildman–Crippen MR) is 49.5 cm³/mol. The molecule has 1 heterocycles. The van der Waals surface area contributed by atoms with Gasteiger partial charge in [-0.05, 0) is 0 Å². The average Bonchev–Trinajstić information content (AvgIpc) is 2.07. The Morgan fingerprint density at radius 1 is 1.27 bits per heavy atom. The Labute approximate surface area is 83.0 Å². The summed E-state index contributed by atoms with van der Waals surface area (Å²) in [7, 11) is -1.85. The molecular formula is C5H8Br2O3P+. The molecule has 0 bridgehead atoms. The normalized spacial score (nSPS) is 23.6. The van der Waals surface area contributed by atoms with E-state index in [1.54, 1.807) is 0 Å². The van der Waals surface area contributed by atoms with Gasteiger partial charge in [0.1, 0.15) is 13.2 Å². The van der Waals surface area contributed by atoms with Crippen molar-refractivity contribution in [3.63, 3.8) is 0 Å². The lowest BCUT2D eigenvalue weighted by molar-refractivity contribution is 0.0617. The quantitative estimate of drug-likeness (QED) is 0.581. The van der Waals surface area contributed by atoms with Crippen molar-refractivity contribution in [2.75, 3.05) is 23.9 Å². The SMILES string of the molecule is O=[P+]1OCC(CBr)(CBr)CO1. The molecule has 1 aliphatic rings. The average molecular weight is 307 g/mol. The second-order valence-corrected chi connectivity index (χ2v) is 4.62. The van der Waals surface area contributed by atoms with Crippen LogP contribution in [0.5, 0.6) is 0 Å². The van der Waals surface area contributed by atoms with Crippen LogP contribution in [0, 0.1) is 5.41 Å². The van der Waals surface area contributed by atoms with Gasteiger partial charge in [0, 0.05) is 20.6 Å². The Morgan fingerprint density at radius 2 is 1.73 bits per heavy atom. The monoisotopic (exact) mass is 305 g/mol. The van der Waals surface area contributed by atoms with Gasteiger partial charge in [0.15, 0.2) is 0 Å². The number of hydrogen-bond acceptors (Lipinski definition) is 3. The first-order chi connectivity index (χ1) is 5.22. The van der Waals surface area contributed by atoms with E-state index in [0.29, 0.717) is 13.2 Å². The molecule has 11 heavy (non-hydrogen) atoms. The Morgan fingerprint density at radius 3 is 2.09 bits per heavy atom. The Hall–Kier alpha value is 0.980. The van der Waals surface area contributed by atoms with E-state index in [9.17, 15) is 4.57 Å². The van der Waals surface area contributed by atoms with Gasteiger partial charge in [-0.1, -0.05) is 31.9 Å². The van der Waals surface area contributed by atoms with E-state index < -0.39 is 8.25 Å². The van der Waals surface area contributed by atoms with Crippen LogP contribution in [0.1, 0.15) is 0 Å². The summed E-state index contributed by atoms with van der Waals surface area (Å²) >= 11 is 6.73. The van der Waals surface area contributed by atoms with E-state index in [1.165, 1.54) is 0 Å². The van der Waals surface area contributed by atoms with Gasteiger partial charge in [-0.2, -0.15) is 0 Å². The molecule has 1 rings (SSSR count). The Kier molecular flexibility index (Phi) is 3.92. The first-order valence-corrected chi connectivity index (χ1v) is 6.41. The van der Waals surface area contributed by atoms with Crippen LogP contribution < -0.4 is 0 Å². The molecule has 0 spiro atoms. The first-order valence-electron chi connectivity index (χ1n) is 3.07. The van der Waals surface area contributed by atoms with E-state index in [2.05, 4.69) is 31.9 Å². The van der Waals surface area contributed by atoms with Crippen LogP contribution in [0.2, 0.25) is 0 Å². The molecule has 0 aliphatic carbocycles. The highest BCUT2D eigenvalue weighted by atomic mass is 79.9. The lowest BCUT2D eigenvalue weighted by atomic mass is 9.96. The molecule has 0 saturated carbocycles. The van der Waals surface area contributed by atoms with Crippen LogP contribution in [0.3, 0.4) is 0 Å². The standard InChI is InChI=1S/C5H8Br2O3P/c6-1-5(2-7)3-9-11(8)10-4-5/h1-4H2/q+1. The molecule has 0 aromatic heterocycles. The van der Waals surface area contributed by atoms with Crippen molar-refractivity contribution in [3.05, 3.63) is 0 Å². The minimum atomic E-state index is -1.85. The fraction of sp³-hybridized carbons (Fsp3) is 1.00. The van der Waals surface area contributed by atoms with Gasteiger partial charge in [0.05, 0.1) is 0 Å². The van der Waals surface area contributed by atoms with Crippen LogP contribution in [0.4, 0.5) is 0 Å². The molecule has 0 aromatic rings. The minimum Gasteiger partial charge on any atom is -0.118 e. The maximum atomic E-state index is 10.7. The molecule has 0 aromatic carbocycles. The van der Waals surface area contributed by atoms with E-state index in [-0.39, 0.29) is 5.41 Å². The zero-order valence-corrected chi connectivity index (χ0v) is 9.82. The van der Waals surface area contributed by atoms with Crippen molar-refractivity contribution in [2.24, 2.45) is 5.41 Å². The highest BCUT2D eigenvalue weighted by Gasteiger charge is 2.42. The summed E-state index contributed by atoms with van der Waals surface area (Å²) in [6.07, 6.45) is 0. The molecule has 3 nitrogen and oxygen atoms in total. The third-order valence-electron chi connectivity index (χ3n) is 1.52. The molecule has 0 unspecified atom stereocenters. The van der Waals surface area contributed by atoms with Crippen LogP contribution >= 0.6 is 40.1 Å². The maximum Gasteiger partial charge on any atom is 0.697 e. The van der Waals surface area contributed by atoms with Crippen molar-refractivity contribution < 1.29 is 13.6 Å². The lowest BCUT2D eigenvalue weighted by Crippen LogP contribution is -2.37. The summed E-state index contributed by atoms with van der Waals surface area (Å²) < 4.78 is 20.5. The molecule has 0 radical (unpaired) electrons. The van der Waals surface area contributed by atoms with E-state index in [4.69, 9.17) is 9.05 Å². The van der Waals surface area contributed by atoms with Gasteiger partial charge in [0.25, 0.3) is 0 Å². The molecular weight excluding hydrogens is 299 g/mol. The van der Waals surface area contributed by atoms with Crippen molar-refractivity contribution in [1.82, 2.24) is 0 Å². The van der Waals surface area contributed by atoms with Gasteiger partial charge >= 0.3 is 8.25 Å². The first kappa shape index (κ1) is 10.1. The third-order valence-corrected chi connectivity index (χ3v) is 4.58. The number of rotatable bonds is 2. The number of halogens is 2. The second-order valence-electron chi connectivity index (χ2n) is 2.54. The van der Waals surface area contributed by atoms with E-state index in [1.807, 2.05) is 0 Å². The Bertz CT molecular complexity index is 148. The summed E-state index contributed by atoms with van der Waals surface area (Å²) in [6.45, 7) is 0.970. The number of alkyl halides is 2.